The molecule has 1 amide bonds. The molecule has 130 valence electrons. The standard InChI is InChI=1S/C21H24N2O2/c1-15(23-11-3-2-4-12-23)16-5-7-17(8-6-16)18-9-10-20-19(13-18)22-21(24)14-25-20/h5-10,13,15H,2-4,11-12,14H2,1H3,(H,22,24)/t15-/m0/s1. The van der Waals surface area contributed by atoms with Gasteiger partial charge in [-0.05, 0) is 61.7 Å². The van der Waals surface area contributed by atoms with Gasteiger partial charge >= 0.3 is 0 Å². The number of fused-ring (bicyclic) bond motifs is 1. The fourth-order valence-corrected chi connectivity index (χ4v) is 3.73. The zero-order valence-corrected chi connectivity index (χ0v) is 14.6. The van der Waals surface area contributed by atoms with Crippen molar-refractivity contribution in [2.75, 3.05) is 25.0 Å². The van der Waals surface area contributed by atoms with Crippen LogP contribution in [0, 0.1) is 0 Å². The topological polar surface area (TPSA) is 41.6 Å². The summed E-state index contributed by atoms with van der Waals surface area (Å²) < 4.78 is 5.43. The van der Waals surface area contributed by atoms with E-state index in [9.17, 15) is 4.79 Å². The highest BCUT2D eigenvalue weighted by Crippen LogP contribution is 2.33. The molecule has 1 atom stereocenters. The Hall–Kier alpha value is -2.33. The maximum atomic E-state index is 11.5. The Kier molecular flexibility index (Phi) is 4.45. The van der Waals surface area contributed by atoms with E-state index in [1.807, 2.05) is 18.2 Å². The molecular weight excluding hydrogens is 312 g/mol. The number of nitrogens with zero attached hydrogens (tertiary/aromatic N) is 1. The van der Waals surface area contributed by atoms with Gasteiger partial charge in [0.25, 0.3) is 5.91 Å². The highest BCUT2D eigenvalue weighted by molar-refractivity contribution is 5.96. The summed E-state index contributed by atoms with van der Waals surface area (Å²) in [6, 6.07) is 15.2. The predicted molar refractivity (Wildman–Crippen MR) is 99.8 cm³/mol. The summed E-state index contributed by atoms with van der Waals surface area (Å²) in [5.74, 6) is 0.633. The number of ether oxygens (including phenoxy) is 1. The second-order valence-corrected chi connectivity index (χ2v) is 6.94. The van der Waals surface area contributed by atoms with Crippen molar-refractivity contribution in [2.45, 2.75) is 32.2 Å². The van der Waals surface area contributed by atoms with Crippen LogP contribution in [0.4, 0.5) is 5.69 Å². The Morgan fingerprint density at radius 2 is 1.72 bits per heavy atom. The van der Waals surface area contributed by atoms with Crippen LogP contribution in [0.2, 0.25) is 0 Å². The van der Waals surface area contributed by atoms with Crippen LogP contribution in [0.3, 0.4) is 0 Å². The third-order valence-corrected chi connectivity index (χ3v) is 5.28. The molecule has 0 aliphatic carbocycles. The summed E-state index contributed by atoms with van der Waals surface area (Å²) in [5.41, 5.74) is 4.35. The number of benzene rings is 2. The van der Waals surface area contributed by atoms with Crippen molar-refractivity contribution >= 4 is 11.6 Å². The van der Waals surface area contributed by atoms with E-state index in [1.165, 1.54) is 37.9 Å². The van der Waals surface area contributed by atoms with E-state index in [4.69, 9.17) is 4.74 Å². The Balaban J connectivity index is 1.54. The van der Waals surface area contributed by atoms with Crippen molar-refractivity contribution in [3.63, 3.8) is 0 Å². The van der Waals surface area contributed by atoms with Crippen LogP contribution in [0.1, 0.15) is 37.8 Å². The minimum atomic E-state index is -0.102. The molecule has 0 bridgehead atoms. The normalized spacial score (nSPS) is 18.8. The van der Waals surface area contributed by atoms with Gasteiger partial charge in [-0.25, -0.2) is 0 Å². The van der Waals surface area contributed by atoms with Crippen LogP contribution in [-0.4, -0.2) is 30.5 Å². The molecule has 0 unspecified atom stereocenters. The molecule has 25 heavy (non-hydrogen) atoms. The Labute approximate surface area is 148 Å². The molecule has 2 aromatic rings. The first-order valence-corrected chi connectivity index (χ1v) is 9.12. The highest BCUT2D eigenvalue weighted by Gasteiger charge is 2.19. The van der Waals surface area contributed by atoms with Gasteiger partial charge in [-0.3, -0.25) is 9.69 Å². The lowest BCUT2D eigenvalue weighted by atomic mass is 9.99. The van der Waals surface area contributed by atoms with Crippen LogP contribution in [0.5, 0.6) is 5.75 Å². The molecule has 4 nitrogen and oxygen atoms in total. The maximum absolute atomic E-state index is 11.5. The first-order chi connectivity index (χ1) is 12.2. The Bertz CT molecular complexity index is 764. The van der Waals surface area contributed by atoms with E-state index < -0.39 is 0 Å². The Morgan fingerprint density at radius 1 is 1.00 bits per heavy atom. The van der Waals surface area contributed by atoms with E-state index in [-0.39, 0.29) is 12.5 Å². The molecule has 2 aromatic carbocycles. The molecule has 2 heterocycles. The van der Waals surface area contributed by atoms with Gasteiger partial charge in [0.05, 0.1) is 5.69 Å². The molecule has 1 N–H and O–H groups in total. The number of rotatable bonds is 3. The molecule has 0 saturated carbocycles. The van der Waals surface area contributed by atoms with Crippen LogP contribution >= 0.6 is 0 Å². The van der Waals surface area contributed by atoms with Gasteiger partial charge in [0.15, 0.2) is 6.61 Å². The van der Waals surface area contributed by atoms with Gasteiger partial charge in [-0.2, -0.15) is 0 Å². The lowest BCUT2D eigenvalue weighted by Gasteiger charge is -2.32. The van der Waals surface area contributed by atoms with Crippen molar-refractivity contribution in [2.24, 2.45) is 0 Å². The number of hydrogen-bond acceptors (Lipinski definition) is 3. The van der Waals surface area contributed by atoms with E-state index in [0.717, 1.165) is 22.6 Å². The number of hydrogen-bond donors (Lipinski definition) is 1. The molecule has 0 aromatic heterocycles. The fourth-order valence-electron chi connectivity index (χ4n) is 3.73. The van der Waals surface area contributed by atoms with Gasteiger partial charge in [0.2, 0.25) is 0 Å². The van der Waals surface area contributed by atoms with Gasteiger partial charge in [0.1, 0.15) is 5.75 Å². The largest absolute Gasteiger partial charge is 0.482 e. The molecule has 4 rings (SSSR count). The molecule has 4 heteroatoms. The Morgan fingerprint density at radius 3 is 2.48 bits per heavy atom. The minimum absolute atomic E-state index is 0.0927. The number of amides is 1. The third-order valence-electron chi connectivity index (χ3n) is 5.28. The summed E-state index contributed by atoms with van der Waals surface area (Å²) in [4.78, 5) is 14.1. The molecule has 0 spiro atoms. The lowest BCUT2D eigenvalue weighted by molar-refractivity contribution is -0.118. The van der Waals surface area contributed by atoms with E-state index in [0.29, 0.717) is 6.04 Å². The van der Waals surface area contributed by atoms with Crippen molar-refractivity contribution in [3.05, 3.63) is 48.0 Å². The van der Waals surface area contributed by atoms with Gasteiger partial charge in [-0.15, -0.1) is 0 Å². The number of anilines is 1. The van der Waals surface area contributed by atoms with Crippen molar-refractivity contribution in [1.29, 1.82) is 0 Å². The summed E-state index contributed by atoms with van der Waals surface area (Å²) in [6.45, 7) is 4.79. The zero-order chi connectivity index (χ0) is 17.2. The average molecular weight is 336 g/mol. The molecule has 1 saturated heterocycles. The second-order valence-electron chi connectivity index (χ2n) is 6.94. The first kappa shape index (κ1) is 16.2. The molecule has 1 fully saturated rings. The van der Waals surface area contributed by atoms with Crippen LogP contribution in [0.15, 0.2) is 42.5 Å². The average Bonchev–Trinajstić information content (AvgIpc) is 2.67. The highest BCUT2D eigenvalue weighted by atomic mass is 16.5. The van der Waals surface area contributed by atoms with E-state index in [1.54, 1.807) is 0 Å². The van der Waals surface area contributed by atoms with Crippen LogP contribution in [0.25, 0.3) is 11.1 Å². The van der Waals surface area contributed by atoms with Crippen molar-refractivity contribution < 1.29 is 9.53 Å². The SMILES string of the molecule is C[C@@H](c1ccc(-c2ccc3c(c2)NC(=O)CO3)cc1)N1CCCCC1. The predicted octanol–water partition coefficient (Wildman–Crippen LogP) is 4.23. The number of piperidine rings is 1. The summed E-state index contributed by atoms with van der Waals surface area (Å²) in [7, 11) is 0. The number of likely N-dealkylation sites (tertiary alicyclic amines) is 1. The lowest BCUT2D eigenvalue weighted by Crippen LogP contribution is -2.32. The quantitative estimate of drug-likeness (QED) is 0.912. The smallest absolute Gasteiger partial charge is 0.262 e. The third kappa shape index (κ3) is 3.40. The first-order valence-electron chi connectivity index (χ1n) is 9.12. The van der Waals surface area contributed by atoms with Gasteiger partial charge in [0, 0.05) is 6.04 Å². The second kappa shape index (κ2) is 6.89. The van der Waals surface area contributed by atoms with Gasteiger partial charge in [-0.1, -0.05) is 36.8 Å². The summed E-state index contributed by atoms with van der Waals surface area (Å²) in [5, 5.41) is 2.87. The van der Waals surface area contributed by atoms with Gasteiger partial charge < -0.3 is 10.1 Å². The number of nitrogens with one attached hydrogen (secondary N) is 1. The van der Waals surface area contributed by atoms with Crippen LogP contribution in [-0.2, 0) is 4.79 Å². The molecular formula is C21H24N2O2. The van der Waals surface area contributed by atoms with Crippen LogP contribution < -0.4 is 10.1 Å². The number of carbonyl (C=O) groups excluding carboxylic acids is 1. The fraction of sp³-hybridized carbons (Fsp3) is 0.381. The summed E-state index contributed by atoms with van der Waals surface area (Å²) in [6.07, 6.45) is 3.98. The molecule has 2 aliphatic rings. The molecule has 0 radical (unpaired) electrons. The summed E-state index contributed by atoms with van der Waals surface area (Å²) >= 11 is 0. The maximum Gasteiger partial charge on any atom is 0.262 e. The van der Waals surface area contributed by atoms with E-state index >= 15 is 0 Å². The number of carbonyl (C=O) groups is 1. The molecule has 2 aliphatic heterocycles. The van der Waals surface area contributed by atoms with Crippen molar-refractivity contribution in [1.82, 2.24) is 4.90 Å². The minimum Gasteiger partial charge on any atom is -0.482 e. The van der Waals surface area contributed by atoms with Crippen molar-refractivity contribution in [3.8, 4) is 16.9 Å². The van der Waals surface area contributed by atoms with E-state index in [2.05, 4.69) is 41.4 Å². The zero-order valence-electron chi connectivity index (χ0n) is 14.6. The monoisotopic (exact) mass is 336 g/mol.